The first-order chi connectivity index (χ1) is 11.8. The Morgan fingerprint density at radius 2 is 1.75 bits per heavy atom. The van der Waals surface area contributed by atoms with Crippen molar-refractivity contribution in [3.05, 3.63) is 65.2 Å². The van der Waals surface area contributed by atoms with Crippen LogP contribution in [0.15, 0.2) is 54.6 Å². The van der Waals surface area contributed by atoms with Crippen LogP contribution in [-0.2, 0) is 6.54 Å². The van der Waals surface area contributed by atoms with Crippen molar-refractivity contribution in [3.8, 4) is 0 Å². The molecule has 1 aliphatic heterocycles. The number of quaternary nitrogens is 1. The number of thiazole rings is 1. The van der Waals surface area contributed by atoms with Crippen molar-refractivity contribution >= 4 is 27.5 Å². The van der Waals surface area contributed by atoms with Crippen LogP contribution in [0.25, 0.3) is 10.2 Å². The Morgan fingerprint density at radius 3 is 2.50 bits per heavy atom. The fourth-order valence-corrected chi connectivity index (χ4v) is 4.21. The molecular weight excluding hydrogens is 318 g/mol. The summed E-state index contributed by atoms with van der Waals surface area (Å²) in [6.07, 6.45) is 0. The van der Waals surface area contributed by atoms with Gasteiger partial charge in [-0.3, -0.25) is 4.79 Å². The van der Waals surface area contributed by atoms with Crippen LogP contribution >= 0.6 is 11.3 Å². The first kappa shape index (κ1) is 15.3. The monoisotopic (exact) mass is 338 g/mol. The highest BCUT2D eigenvalue weighted by Gasteiger charge is 2.25. The Labute approximate surface area is 145 Å². The summed E-state index contributed by atoms with van der Waals surface area (Å²) < 4.78 is 1.25. The van der Waals surface area contributed by atoms with E-state index in [1.165, 1.54) is 14.6 Å². The number of fused-ring (bicyclic) bond motifs is 1. The van der Waals surface area contributed by atoms with Gasteiger partial charge in [-0.05, 0) is 24.3 Å². The van der Waals surface area contributed by atoms with Crippen LogP contribution < -0.4 is 4.90 Å². The highest BCUT2D eigenvalue weighted by atomic mass is 32.1. The van der Waals surface area contributed by atoms with Crippen LogP contribution in [0.2, 0.25) is 0 Å². The highest BCUT2D eigenvalue weighted by Crippen LogP contribution is 2.20. The number of amides is 1. The molecule has 0 spiro atoms. The molecule has 0 bridgehead atoms. The molecule has 0 atom stereocenters. The number of hydrogen-bond donors (Lipinski definition) is 1. The van der Waals surface area contributed by atoms with E-state index in [1.54, 1.807) is 11.3 Å². The van der Waals surface area contributed by atoms with Crippen LogP contribution in [0.5, 0.6) is 0 Å². The Morgan fingerprint density at radius 1 is 1.04 bits per heavy atom. The molecule has 1 fully saturated rings. The summed E-state index contributed by atoms with van der Waals surface area (Å²) in [7, 11) is 0. The molecule has 1 amide bonds. The molecule has 4 rings (SSSR count). The predicted octanol–water partition coefficient (Wildman–Crippen LogP) is 1.84. The fourth-order valence-electron chi connectivity index (χ4n) is 3.18. The van der Waals surface area contributed by atoms with Crippen molar-refractivity contribution in [2.24, 2.45) is 0 Å². The molecule has 1 aromatic heterocycles. The van der Waals surface area contributed by atoms with Gasteiger partial charge >= 0.3 is 0 Å². The average molecular weight is 338 g/mol. The topological polar surface area (TPSA) is 37.6 Å². The summed E-state index contributed by atoms with van der Waals surface area (Å²) in [5.41, 5.74) is 1.88. The van der Waals surface area contributed by atoms with Crippen LogP contribution in [-0.4, -0.2) is 42.0 Å². The zero-order valence-corrected chi connectivity index (χ0v) is 14.3. The SMILES string of the molecule is O=C(c1ccccc1)N1CC[NH+](Cc2nc3ccccc3s2)CC1. The lowest BCUT2D eigenvalue weighted by Gasteiger charge is -2.31. The van der Waals surface area contributed by atoms with Gasteiger partial charge in [-0.15, -0.1) is 11.3 Å². The van der Waals surface area contributed by atoms with E-state index in [9.17, 15) is 4.79 Å². The zero-order chi connectivity index (χ0) is 16.4. The Kier molecular flexibility index (Phi) is 4.28. The minimum absolute atomic E-state index is 0.148. The Bertz CT molecular complexity index is 805. The zero-order valence-electron chi connectivity index (χ0n) is 13.4. The molecule has 3 aromatic rings. The number of hydrogen-bond acceptors (Lipinski definition) is 3. The highest BCUT2D eigenvalue weighted by molar-refractivity contribution is 7.18. The number of aromatic nitrogens is 1. The van der Waals surface area contributed by atoms with Gasteiger partial charge in [0.25, 0.3) is 5.91 Å². The first-order valence-corrected chi connectivity index (χ1v) is 9.13. The fraction of sp³-hybridized carbons (Fsp3) is 0.263. The van der Waals surface area contributed by atoms with Gasteiger partial charge < -0.3 is 9.80 Å². The number of carbonyl (C=O) groups is 1. The molecule has 0 radical (unpaired) electrons. The summed E-state index contributed by atoms with van der Waals surface area (Å²) in [6, 6.07) is 17.9. The number of rotatable bonds is 3. The molecule has 122 valence electrons. The van der Waals surface area contributed by atoms with Crippen molar-refractivity contribution in [1.82, 2.24) is 9.88 Å². The van der Waals surface area contributed by atoms with Crippen molar-refractivity contribution in [2.75, 3.05) is 26.2 Å². The lowest BCUT2D eigenvalue weighted by Crippen LogP contribution is -3.13. The second-order valence-electron chi connectivity index (χ2n) is 6.16. The average Bonchev–Trinajstić information content (AvgIpc) is 3.05. The van der Waals surface area contributed by atoms with E-state index in [2.05, 4.69) is 18.2 Å². The number of carbonyl (C=O) groups excluding carboxylic acids is 1. The molecular formula is C19H20N3OS+. The molecule has 2 aromatic carbocycles. The molecule has 1 N–H and O–H groups in total. The van der Waals surface area contributed by atoms with Gasteiger partial charge in [-0.1, -0.05) is 30.3 Å². The summed E-state index contributed by atoms with van der Waals surface area (Å²) in [5.74, 6) is 0.148. The van der Waals surface area contributed by atoms with Crippen molar-refractivity contribution < 1.29 is 9.69 Å². The number of nitrogens with zero attached hydrogens (tertiary/aromatic N) is 2. The van der Waals surface area contributed by atoms with E-state index in [0.29, 0.717) is 0 Å². The number of piperazine rings is 1. The van der Waals surface area contributed by atoms with Crippen LogP contribution in [0, 0.1) is 0 Å². The quantitative estimate of drug-likeness (QED) is 0.791. The third-order valence-electron chi connectivity index (χ3n) is 4.52. The van der Waals surface area contributed by atoms with E-state index in [1.807, 2.05) is 41.3 Å². The molecule has 0 saturated carbocycles. The third-order valence-corrected chi connectivity index (χ3v) is 5.55. The second-order valence-corrected chi connectivity index (χ2v) is 7.28. The van der Waals surface area contributed by atoms with Gasteiger partial charge in [0.15, 0.2) is 0 Å². The molecule has 4 nitrogen and oxygen atoms in total. The number of benzene rings is 2. The van der Waals surface area contributed by atoms with Gasteiger partial charge in [-0.25, -0.2) is 4.98 Å². The molecule has 1 saturated heterocycles. The maximum Gasteiger partial charge on any atom is 0.254 e. The van der Waals surface area contributed by atoms with Crippen LogP contribution in [0.3, 0.4) is 0 Å². The largest absolute Gasteiger partial charge is 0.327 e. The lowest BCUT2D eigenvalue weighted by atomic mass is 10.2. The van der Waals surface area contributed by atoms with E-state index < -0.39 is 0 Å². The van der Waals surface area contributed by atoms with Gasteiger partial charge in [0.1, 0.15) is 11.6 Å². The maximum atomic E-state index is 12.5. The van der Waals surface area contributed by atoms with E-state index >= 15 is 0 Å². The summed E-state index contributed by atoms with van der Waals surface area (Å²) >= 11 is 1.78. The van der Waals surface area contributed by atoms with Gasteiger partial charge in [0.05, 0.1) is 36.4 Å². The van der Waals surface area contributed by atoms with E-state index in [0.717, 1.165) is 43.8 Å². The van der Waals surface area contributed by atoms with E-state index in [-0.39, 0.29) is 5.91 Å². The number of nitrogens with one attached hydrogen (secondary N) is 1. The third kappa shape index (κ3) is 3.18. The van der Waals surface area contributed by atoms with Crippen LogP contribution in [0.4, 0.5) is 0 Å². The lowest BCUT2D eigenvalue weighted by molar-refractivity contribution is -0.917. The molecule has 0 unspecified atom stereocenters. The Hall–Kier alpha value is -2.24. The maximum absolute atomic E-state index is 12.5. The first-order valence-electron chi connectivity index (χ1n) is 8.32. The normalized spacial score (nSPS) is 15.8. The molecule has 5 heteroatoms. The smallest absolute Gasteiger partial charge is 0.254 e. The standard InChI is InChI=1S/C19H19N3OS/c23-19(15-6-2-1-3-7-15)22-12-10-21(11-13-22)14-18-20-16-8-4-5-9-17(16)24-18/h1-9H,10-14H2/p+1. The summed E-state index contributed by atoms with van der Waals surface area (Å²) in [6.45, 7) is 4.54. The van der Waals surface area contributed by atoms with Gasteiger partial charge in [0.2, 0.25) is 0 Å². The molecule has 1 aliphatic rings. The van der Waals surface area contributed by atoms with Gasteiger partial charge in [0, 0.05) is 5.56 Å². The minimum atomic E-state index is 0.148. The van der Waals surface area contributed by atoms with Gasteiger partial charge in [-0.2, -0.15) is 0 Å². The van der Waals surface area contributed by atoms with E-state index in [4.69, 9.17) is 4.98 Å². The predicted molar refractivity (Wildman–Crippen MR) is 96.4 cm³/mol. The Balaban J connectivity index is 1.37. The molecule has 0 aliphatic carbocycles. The summed E-state index contributed by atoms with van der Waals surface area (Å²) in [5, 5.41) is 1.19. The molecule has 2 heterocycles. The van der Waals surface area contributed by atoms with Crippen molar-refractivity contribution in [1.29, 1.82) is 0 Å². The number of para-hydroxylation sites is 1. The van der Waals surface area contributed by atoms with Crippen LogP contribution in [0.1, 0.15) is 15.4 Å². The van der Waals surface area contributed by atoms with Crippen molar-refractivity contribution in [2.45, 2.75) is 6.54 Å². The molecule has 24 heavy (non-hydrogen) atoms. The van der Waals surface area contributed by atoms with Crippen molar-refractivity contribution in [3.63, 3.8) is 0 Å². The second kappa shape index (κ2) is 6.71. The summed E-state index contributed by atoms with van der Waals surface area (Å²) in [4.78, 5) is 20.7. The minimum Gasteiger partial charge on any atom is -0.327 e.